The standard InChI is InChI=1S/C23H21NO8/c1-28-22(26)17-12-30-13-24(20(17)23(27)29-2)16-5-3-4-14(10-16)21(25)15-6-7-18-19(11-15)32-9-8-31-18/h3-7,10-11H,8-9,12-13H2,1-2H3. The molecule has 166 valence electrons. The van der Waals surface area contributed by atoms with Gasteiger partial charge in [0.05, 0.1) is 26.4 Å². The van der Waals surface area contributed by atoms with Crippen LogP contribution in [-0.2, 0) is 23.8 Å². The quantitative estimate of drug-likeness (QED) is 0.512. The number of fused-ring (bicyclic) bond motifs is 1. The number of hydrogen-bond acceptors (Lipinski definition) is 9. The highest BCUT2D eigenvalue weighted by atomic mass is 16.6. The fourth-order valence-electron chi connectivity index (χ4n) is 3.51. The minimum atomic E-state index is -0.711. The van der Waals surface area contributed by atoms with Gasteiger partial charge in [0.2, 0.25) is 0 Å². The topological polar surface area (TPSA) is 101 Å². The Kier molecular flexibility index (Phi) is 6.09. The summed E-state index contributed by atoms with van der Waals surface area (Å²) in [6.07, 6.45) is 0. The molecule has 0 amide bonds. The first-order valence-electron chi connectivity index (χ1n) is 9.83. The van der Waals surface area contributed by atoms with Crippen molar-refractivity contribution in [1.29, 1.82) is 0 Å². The largest absolute Gasteiger partial charge is 0.486 e. The molecule has 0 bridgehead atoms. The van der Waals surface area contributed by atoms with Crippen molar-refractivity contribution in [3.05, 3.63) is 64.9 Å². The number of anilines is 1. The van der Waals surface area contributed by atoms with E-state index in [9.17, 15) is 14.4 Å². The maximum Gasteiger partial charge on any atom is 0.355 e. The molecule has 4 rings (SSSR count). The average molecular weight is 439 g/mol. The van der Waals surface area contributed by atoms with Crippen LogP contribution in [0.4, 0.5) is 5.69 Å². The van der Waals surface area contributed by atoms with E-state index >= 15 is 0 Å². The lowest BCUT2D eigenvalue weighted by Crippen LogP contribution is -2.38. The summed E-state index contributed by atoms with van der Waals surface area (Å²) in [5, 5.41) is 0. The van der Waals surface area contributed by atoms with Crippen LogP contribution >= 0.6 is 0 Å². The van der Waals surface area contributed by atoms with Gasteiger partial charge in [0, 0.05) is 16.8 Å². The molecular weight excluding hydrogens is 418 g/mol. The van der Waals surface area contributed by atoms with Crippen LogP contribution in [0.5, 0.6) is 11.5 Å². The van der Waals surface area contributed by atoms with Gasteiger partial charge in [0.1, 0.15) is 25.6 Å². The molecule has 0 radical (unpaired) electrons. The summed E-state index contributed by atoms with van der Waals surface area (Å²) in [5.74, 6) is -0.536. The zero-order valence-corrected chi connectivity index (χ0v) is 17.6. The van der Waals surface area contributed by atoms with Crippen molar-refractivity contribution >= 4 is 23.4 Å². The van der Waals surface area contributed by atoms with E-state index in [1.807, 2.05) is 0 Å². The highest BCUT2D eigenvalue weighted by Gasteiger charge is 2.32. The summed E-state index contributed by atoms with van der Waals surface area (Å²) in [6, 6.07) is 11.7. The first-order valence-corrected chi connectivity index (χ1v) is 9.83. The number of carbonyl (C=O) groups is 3. The number of ether oxygens (including phenoxy) is 5. The van der Waals surface area contributed by atoms with Gasteiger partial charge in [-0.15, -0.1) is 0 Å². The highest BCUT2D eigenvalue weighted by molar-refractivity contribution is 6.10. The molecule has 2 aromatic rings. The van der Waals surface area contributed by atoms with E-state index < -0.39 is 11.9 Å². The van der Waals surface area contributed by atoms with Crippen LogP contribution in [0, 0.1) is 0 Å². The summed E-state index contributed by atoms with van der Waals surface area (Å²) in [5.41, 5.74) is 1.34. The molecule has 0 spiro atoms. The van der Waals surface area contributed by atoms with Crippen molar-refractivity contribution in [2.24, 2.45) is 0 Å². The number of esters is 2. The fraction of sp³-hybridized carbons (Fsp3) is 0.261. The van der Waals surface area contributed by atoms with Gasteiger partial charge >= 0.3 is 11.9 Å². The van der Waals surface area contributed by atoms with Gasteiger partial charge in [-0.25, -0.2) is 9.59 Å². The van der Waals surface area contributed by atoms with Crippen LogP contribution in [0.15, 0.2) is 53.7 Å². The minimum absolute atomic E-state index is 0.00735. The first kappa shape index (κ1) is 21.4. The second-order valence-electron chi connectivity index (χ2n) is 6.95. The van der Waals surface area contributed by atoms with E-state index in [0.29, 0.717) is 41.5 Å². The Balaban J connectivity index is 1.69. The molecule has 2 aliphatic heterocycles. The molecule has 0 atom stereocenters. The van der Waals surface area contributed by atoms with E-state index in [2.05, 4.69) is 0 Å². The van der Waals surface area contributed by atoms with Gasteiger partial charge in [-0.2, -0.15) is 0 Å². The monoisotopic (exact) mass is 439 g/mol. The molecule has 2 heterocycles. The molecular formula is C23H21NO8. The Hall–Kier alpha value is -3.85. The first-order chi connectivity index (χ1) is 15.5. The fourth-order valence-corrected chi connectivity index (χ4v) is 3.51. The Morgan fingerprint density at radius 3 is 2.34 bits per heavy atom. The van der Waals surface area contributed by atoms with Crippen LogP contribution in [-0.4, -0.2) is 58.5 Å². The van der Waals surface area contributed by atoms with E-state index in [4.69, 9.17) is 23.7 Å². The van der Waals surface area contributed by atoms with E-state index in [1.54, 1.807) is 42.5 Å². The van der Waals surface area contributed by atoms with Crippen molar-refractivity contribution in [2.75, 3.05) is 45.7 Å². The van der Waals surface area contributed by atoms with E-state index in [-0.39, 0.29) is 30.4 Å². The van der Waals surface area contributed by atoms with Crippen molar-refractivity contribution in [1.82, 2.24) is 0 Å². The van der Waals surface area contributed by atoms with Gasteiger partial charge in [-0.3, -0.25) is 4.79 Å². The number of hydrogen-bond donors (Lipinski definition) is 0. The number of carbonyl (C=O) groups excluding carboxylic acids is 3. The third kappa shape index (κ3) is 4.02. The molecule has 0 aromatic heterocycles. The number of nitrogens with zero attached hydrogens (tertiary/aromatic N) is 1. The van der Waals surface area contributed by atoms with Crippen LogP contribution < -0.4 is 14.4 Å². The Labute approximate surface area is 184 Å². The maximum absolute atomic E-state index is 13.1. The average Bonchev–Trinajstić information content (AvgIpc) is 2.86. The van der Waals surface area contributed by atoms with Crippen LogP contribution in [0.1, 0.15) is 15.9 Å². The van der Waals surface area contributed by atoms with Crippen molar-refractivity contribution in [2.45, 2.75) is 0 Å². The molecule has 0 unspecified atom stereocenters. The van der Waals surface area contributed by atoms with Crippen molar-refractivity contribution in [3.63, 3.8) is 0 Å². The SMILES string of the molecule is COC(=O)C1=C(C(=O)OC)N(c2cccc(C(=O)c3ccc4c(c3)OCCO4)c2)COC1. The third-order valence-corrected chi connectivity index (χ3v) is 5.06. The predicted molar refractivity (Wildman–Crippen MR) is 112 cm³/mol. The molecule has 0 aliphatic carbocycles. The lowest BCUT2D eigenvalue weighted by Gasteiger charge is -2.31. The summed E-state index contributed by atoms with van der Waals surface area (Å²) in [4.78, 5) is 39.3. The Morgan fingerprint density at radius 1 is 0.875 bits per heavy atom. The smallest absolute Gasteiger partial charge is 0.355 e. The van der Waals surface area contributed by atoms with E-state index in [0.717, 1.165) is 0 Å². The lowest BCUT2D eigenvalue weighted by molar-refractivity contribution is -0.140. The molecule has 0 N–H and O–H groups in total. The molecule has 9 nitrogen and oxygen atoms in total. The molecule has 9 heteroatoms. The van der Waals surface area contributed by atoms with Gasteiger partial charge in [0.15, 0.2) is 17.3 Å². The molecule has 0 fully saturated rings. The van der Waals surface area contributed by atoms with Gasteiger partial charge in [-0.05, 0) is 30.3 Å². The predicted octanol–water partition coefficient (Wildman–Crippen LogP) is 2.08. The third-order valence-electron chi connectivity index (χ3n) is 5.06. The normalized spacial score (nSPS) is 15.2. The van der Waals surface area contributed by atoms with Gasteiger partial charge in [-0.1, -0.05) is 12.1 Å². The Bertz CT molecular complexity index is 1110. The van der Waals surface area contributed by atoms with Crippen LogP contribution in [0.25, 0.3) is 0 Å². The molecule has 0 saturated heterocycles. The van der Waals surface area contributed by atoms with Crippen molar-refractivity contribution < 1.29 is 38.1 Å². The maximum atomic E-state index is 13.1. The summed E-state index contributed by atoms with van der Waals surface area (Å²) < 4.78 is 26.2. The van der Waals surface area contributed by atoms with Crippen LogP contribution in [0.2, 0.25) is 0 Å². The minimum Gasteiger partial charge on any atom is -0.486 e. The zero-order chi connectivity index (χ0) is 22.7. The summed E-state index contributed by atoms with van der Waals surface area (Å²) >= 11 is 0. The number of benzene rings is 2. The number of ketones is 1. The molecule has 0 saturated carbocycles. The van der Waals surface area contributed by atoms with Crippen LogP contribution in [0.3, 0.4) is 0 Å². The summed E-state index contributed by atoms with van der Waals surface area (Å²) in [6.45, 7) is 0.778. The molecule has 32 heavy (non-hydrogen) atoms. The van der Waals surface area contributed by atoms with Crippen molar-refractivity contribution in [3.8, 4) is 11.5 Å². The molecule has 2 aliphatic rings. The molecule has 2 aromatic carbocycles. The van der Waals surface area contributed by atoms with Gasteiger partial charge < -0.3 is 28.6 Å². The lowest BCUT2D eigenvalue weighted by atomic mass is 10.0. The second kappa shape index (κ2) is 9.11. The second-order valence-corrected chi connectivity index (χ2v) is 6.95. The Morgan fingerprint density at radius 2 is 1.59 bits per heavy atom. The van der Waals surface area contributed by atoms with Gasteiger partial charge in [0.25, 0.3) is 0 Å². The van der Waals surface area contributed by atoms with E-state index in [1.165, 1.54) is 19.1 Å². The summed E-state index contributed by atoms with van der Waals surface area (Å²) in [7, 11) is 2.44. The number of methoxy groups -OCH3 is 2. The number of rotatable bonds is 5. The highest BCUT2D eigenvalue weighted by Crippen LogP contribution is 2.32. The zero-order valence-electron chi connectivity index (χ0n) is 17.6.